The van der Waals surface area contributed by atoms with E-state index in [0.29, 0.717) is 18.1 Å². The molecule has 0 amide bonds. The summed E-state index contributed by atoms with van der Waals surface area (Å²) in [5.74, 6) is 0.810. The fourth-order valence-electron chi connectivity index (χ4n) is 2.64. The number of benzene rings is 2. The van der Waals surface area contributed by atoms with Crippen molar-refractivity contribution < 1.29 is 4.74 Å². The minimum atomic E-state index is -0.158. The van der Waals surface area contributed by atoms with Crippen LogP contribution < -0.4 is 10.5 Å². The summed E-state index contributed by atoms with van der Waals surface area (Å²) < 4.78 is 6.03. The Bertz CT molecular complexity index is 819. The summed E-state index contributed by atoms with van der Waals surface area (Å²) in [6.07, 6.45) is 4.17. The Morgan fingerprint density at radius 2 is 1.92 bits per heavy atom. The standard InChI is InChI=1S/C21H21ClN2O/c1-15-4-6-16(7-5-15)14-25-21-9-8-19(22)11-18(21)12-20(23)17-3-2-10-24-13-17/h2-11,13,20H,12,14,23H2,1H3. The number of nitrogens with zero attached hydrogens (tertiary/aromatic N) is 1. The Morgan fingerprint density at radius 3 is 2.64 bits per heavy atom. The van der Waals surface area contributed by atoms with Gasteiger partial charge in [0, 0.05) is 23.5 Å². The number of aromatic nitrogens is 1. The van der Waals surface area contributed by atoms with Gasteiger partial charge >= 0.3 is 0 Å². The zero-order valence-electron chi connectivity index (χ0n) is 14.2. The van der Waals surface area contributed by atoms with E-state index >= 15 is 0 Å². The second-order valence-corrected chi connectivity index (χ2v) is 6.56. The Labute approximate surface area is 153 Å². The summed E-state index contributed by atoms with van der Waals surface area (Å²) in [6.45, 7) is 2.58. The number of halogens is 1. The van der Waals surface area contributed by atoms with Gasteiger partial charge in [0.05, 0.1) is 0 Å². The molecule has 1 heterocycles. The van der Waals surface area contributed by atoms with Crippen molar-refractivity contribution in [3.8, 4) is 5.75 Å². The molecule has 25 heavy (non-hydrogen) atoms. The van der Waals surface area contributed by atoms with Gasteiger partial charge in [0.2, 0.25) is 0 Å². The summed E-state index contributed by atoms with van der Waals surface area (Å²) in [5.41, 5.74) is 10.7. The van der Waals surface area contributed by atoms with Crippen molar-refractivity contribution in [2.75, 3.05) is 0 Å². The van der Waals surface area contributed by atoms with Crippen LogP contribution >= 0.6 is 11.6 Å². The van der Waals surface area contributed by atoms with E-state index in [2.05, 4.69) is 36.2 Å². The number of hydrogen-bond donors (Lipinski definition) is 1. The summed E-state index contributed by atoms with van der Waals surface area (Å²) >= 11 is 6.17. The van der Waals surface area contributed by atoms with Crippen LogP contribution in [-0.2, 0) is 13.0 Å². The lowest BCUT2D eigenvalue weighted by molar-refractivity contribution is 0.302. The van der Waals surface area contributed by atoms with Crippen molar-refractivity contribution >= 4 is 11.6 Å². The summed E-state index contributed by atoms with van der Waals surface area (Å²) in [5, 5.41) is 0.677. The summed E-state index contributed by atoms with van der Waals surface area (Å²) in [6, 6.07) is 17.7. The molecule has 4 heteroatoms. The summed E-state index contributed by atoms with van der Waals surface area (Å²) in [7, 11) is 0. The highest BCUT2D eigenvalue weighted by atomic mass is 35.5. The molecule has 1 aromatic heterocycles. The molecule has 0 saturated carbocycles. The first kappa shape index (κ1) is 17.5. The molecule has 0 spiro atoms. The SMILES string of the molecule is Cc1ccc(COc2ccc(Cl)cc2CC(N)c2cccnc2)cc1. The lowest BCUT2D eigenvalue weighted by Crippen LogP contribution is -2.14. The van der Waals surface area contributed by atoms with Crippen molar-refractivity contribution in [1.82, 2.24) is 4.98 Å². The van der Waals surface area contributed by atoms with Gasteiger partial charge in [-0.25, -0.2) is 0 Å². The lowest BCUT2D eigenvalue weighted by atomic mass is 10.0. The van der Waals surface area contributed by atoms with E-state index in [-0.39, 0.29) is 6.04 Å². The Morgan fingerprint density at radius 1 is 1.12 bits per heavy atom. The van der Waals surface area contributed by atoms with Crippen molar-refractivity contribution in [3.05, 3.63) is 94.3 Å². The maximum Gasteiger partial charge on any atom is 0.123 e. The Kier molecular flexibility index (Phi) is 5.69. The Balaban J connectivity index is 1.74. The van der Waals surface area contributed by atoms with Crippen molar-refractivity contribution in [2.24, 2.45) is 5.73 Å². The molecule has 0 bridgehead atoms. The first-order valence-corrected chi connectivity index (χ1v) is 8.62. The quantitative estimate of drug-likeness (QED) is 0.688. The molecule has 2 aromatic carbocycles. The maximum absolute atomic E-state index is 6.33. The maximum atomic E-state index is 6.33. The molecule has 3 nitrogen and oxygen atoms in total. The van der Waals surface area contributed by atoms with E-state index in [0.717, 1.165) is 22.4 Å². The highest BCUT2D eigenvalue weighted by Crippen LogP contribution is 2.27. The number of aryl methyl sites for hydroxylation is 1. The zero-order chi connectivity index (χ0) is 17.6. The van der Waals surface area contributed by atoms with Crippen LogP contribution in [0.25, 0.3) is 0 Å². The second-order valence-electron chi connectivity index (χ2n) is 6.12. The van der Waals surface area contributed by atoms with E-state index < -0.39 is 0 Å². The number of pyridine rings is 1. The third-order valence-corrected chi connectivity index (χ3v) is 4.32. The lowest BCUT2D eigenvalue weighted by Gasteiger charge is -2.16. The largest absolute Gasteiger partial charge is 0.489 e. The van der Waals surface area contributed by atoms with E-state index in [1.807, 2.05) is 30.3 Å². The van der Waals surface area contributed by atoms with Crippen LogP contribution in [0.1, 0.15) is 28.3 Å². The smallest absolute Gasteiger partial charge is 0.123 e. The van der Waals surface area contributed by atoms with Gasteiger partial charge in [-0.05, 0) is 54.3 Å². The van der Waals surface area contributed by atoms with Gasteiger partial charge in [-0.15, -0.1) is 0 Å². The predicted octanol–water partition coefficient (Wildman–Crippen LogP) is 4.86. The van der Waals surface area contributed by atoms with Crippen LogP contribution in [0.15, 0.2) is 67.0 Å². The predicted molar refractivity (Wildman–Crippen MR) is 102 cm³/mol. The minimum Gasteiger partial charge on any atom is -0.489 e. The average molecular weight is 353 g/mol. The highest BCUT2D eigenvalue weighted by Gasteiger charge is 2.12. The van der Waals surface area contributed by atoms with Crippen molar-refractivity contribution in [1.29, 1.82) is 0 Å². The molecule has 1 unspecified atom stereocenters. The first-order valence-electron chi connectivity index (χ1n) is 8.24. The Hall–Kier alpha value is -2.36. The molecule has 0 saturated heterocycles. The third-order valence-electron chi connectivity index (χ3n) is 4.09. The van der Waals surface area contributed by atoms with E-state index in [9.17, 15) is 0 Å². The third kappa shape index (κ3) is 4.81. The molecule has 128 valence electrons. The van der Waals surface area contributed by atoms with E-state index in [1.165, 1.54) is 5.56 Å². The van der Waals surface area contributed by atoms with Crippen molar-refractivity contribution in [3.63, 3.8) is 0 Å². The van der Waals surface area contributed by atoms with Crippen LogP contribution in [0, 0.1) is 6.92 Å². The van der Waals surface area contributed by atoms with E-state index in [4.69, 9.17) is 22.1 Å². The first-order chi connectivity index (χ1) is 12.1. The molecule has 0 aliphatic carbocycles. The fourth-order valence-corrected chi connectivity index (χ4v) is 2.84. The summed E-state index contributed by atoms with van der Waals surface area (Å²) in [4.78, 5) is 4.13. The normalized spacial score (nSPS) is 12.0. The molecule has 0 aliphatic rings. The number of nitrogens with two attached hydrogens (primary N) is 1. The number of ether oxygens (including phenoxy) is 1. The molecule has 1 atom stereocenters. The molecule has 2 N–H and O–H groups in total. The second kappa shape index (κ2) is 8.15. The molecular formula is C21H21ClN2O. The minimum absolute atomic E-state index is 0.158. The van der Waals surface area contributed by atoms with Crippen LogP contribution in [0.3, 0.4) is 0 Å². The van der Waals surface area contributed by atoms with Gasteiger partial charge in [0.1, 0.15) is 12.4 Å². The van der Waals surface area contributed by atoms with Gasteiger partial charge in [-0.1, -0.05) is 47.5 Å². The molecule has 0 aliphatic heterocycles. The van der Waals surface area contributed by atoms with Crippen LogP contribution in [0.5, 0.6) is 5.75 Å². The van der Waals surface area contributed by atoms with Gasteiger partial charge in [-0.3, -0.25) is 4.98 Å². The molecule has 3 rings (SSSR count). The van der Waals surface area contributed by atoms with Gasteiger partial charge in [0.15, 0.2) is 0 Å². The van der Waals surface area contributed by atoms with Gasteiger partial charge < -0.3 is 10.5 Å². The van der Waals surface area contributed by atoms with E-state index in [1.54, 1.807) is 12.4 Å². The topological polar surface area (TPSA) is 48.1 Å². The van der Waals surface area contributed by atoms with Crippen molar-refractivity contribution in [2.45, 2.75) is 26.0 Å². The van der Waals surface area contributed by atoms with Crippen LogP contribution in [-0.4, -0.2) is 4.98 Å². The molecular weight excluding hydrogens is 332 g/mol. The highest BCUT2D eigenvalue weighted by molar-refractivity contribution is 6.30. The fraction of sp³-hybridized carbons (Fsp3) is 0.190. The van der Waals surface area contributed by atoms with Crippen LogP contribution in [0.4, 0.5) is 0 Å². The molecule has 0 radical (unpaired) electrons. The van der Waals surface area contributed by atoms with Gasteiger partial charge in [-0.2, -0.15) is 0 Å². The van der Waals surface area contributed by atoms with Crippen LogP contribution in [0.2, 0.25) is 5.02 Å². The monoisotopic (exact) mass is 352 g/mol. The number of rotatable bonds is 6. The van der Waals surface area contributed by atoms with Gasteiger partial charge in [0.25, 0.3) is 0 Å². The molecule has 3 aromatic rings. The molecule has 0 fully saturated rings. The number of hydrogen-bond acceptors (Lipinski definition) is 3. The zero-order valence-corrected chi connectivity index (χ0v) is 14.9. The average Bonchev–Trinajstić information content (AvgIpc) is 2.63.